The van der Waals surface area contributed by atoms with Gasteiger partial charge in [0.25, 0.3) is 0 Å². The van der Waals surface area contributed by atoms with Gasteiger partial charge in [-0.3, -0.25) is 14.5 Å². The summed E-state index contributed by atoms with van der Waals surface area (Å²) in [6.45, 7) is 0.206. The Morgan fingerprint density at radius 1 is 1.00 bits per heavy atom. The Labute approximate surface area is 126 Å². The van der Waals surface area contributed by atoms with Gasteiger partial charge in [0.05, 0.1) is 23.1 Å². The smallest absolute Gasteiger partial charge is 0.338 e. The molecule has 1 aromatic rings. The average Bonchev–Trinajstić information content (AvgIpc) is 3.24. The molecule has 2 heterocycles. The largest absolute Gasteiger partial charge is 0.457 e. The summed E-state index contributed by atoms with van der Waals surface area (Å²) in [6.07, 6.45) is 5.08. The Morgan fingerprint density at radius 2 is 1.68 bits per heavy atom. The molecule has 0 N–H and O–H groups in total. The molecular formula is C17H13NO4. The number of hydrogen-bond donors (Lipinski definition) is 0. The number of rotatable bonds is 1. The average molecular weight is 295 g/mol. The van der Waals surface area contributed by atoms with E-state index in [0.29, 0.717) is 11.3 Å². The molecule has 0 unspecified atom stereocenters. The minimum absolute atomic E-state index is 0.1000. The predicted molar refractivity (Wildman–Crippen MR) is 75.8 cm³/mol. The van der Waals surface area contributed by atoms with Crippen molar-refractivity contribution in [2.45, 2.75) is 13.0 Å². The lowest BCUT2D eigenvalue weighted by molar-refractivity contribution is -0.123. The van der Waals surface area contributed by atoms with Crippen molar-refractivity contribution < 1.29 is 19.1 Å². The van der Waals surface area contributed by atoms with Gasteiger partial charge in [0.1, 0.15) is 6.61 Å². The molecule has 1 saturated heterocycles. The molecule has 0 spiro atoms. The second-order valence-electron chi connectivity index (χ2n) is 6.43. The van der Waals surface area contributed by atoms with E-state index in [-0.39, 0.29) is 48.1 Å². The fourth-order valence-electron chi connectivity index (χ4n) is 4.42. The summed E-state index contributed by atoms with van der Waals surface area (Å²) >= 11 is 0. The highest BCUT2D eigenvalue weighted by Crippen LogP contribution is 2.53. The van der Waals surface area contributed by atoms with Gasteiger partial charge in [-0.25, -0.2) is 4.79 Å². The molecule has 2 aliphatic heterocycles. The van der Waals surface area contributed by atoms with E-state index in [1.807, 2.05) is 0 Å². The van der Waals surface area contributed by atoms with Crippen LogP contribution >= 0.6 is 0 Å². The van der Waals surface area contributed by atoms with Crippen LogP contribution in [0.2, 0.25) is 0 Å². The van der Waals surface area contributed by atoms with Gasteiger partial charge in [0.15, 0.2) is 0 Å². The zero-order chi connectivity index (χ0) is 15.0. The lowest BCUT2D eigenvalue weighted by Gasteiger charge is -2.17. The second-order valence-corrected chi connectivity index (χ2v) is 6.43. The maximum Gasteiger partial charge on any atom is 0.338 e. The van der Waals surface area contributed by atoms with E-state index >= 15 is 0 Å². The summed E-state index contributed by atoms with van der Waals surface area (Å²) in [7, 11) is 0. The molecule has 2 aliphatic carbocycles. The molecule has 4 aliphatic rings. The molecule has 2 amide bonds. The Morgan fingerprint density at radius 3 is 2.36 bits per heavy atom. The number of amides is 2. The number of carbonyl (C=O) groups excluding carboxylic acids is 3. The Balaban J connectivity index is 1.56. The molecule has 5 nitrogen and oxygen atoms in total. The van der Waals surface area contributed by atoms with Gasteiger partial charge in [0, 0.05) is 5.56 Å². The minimum Gasteiger partial charge on any atom is -0.457 e. The molecule has 5 heteroatoms. The van der Waals surface area contributed by atoms with Crippen LogP contribution in [-0.4, -0.2) is 17.8 Å². The summed E-state index contributed by atoms with van der Waals surface area (Å²) in [4.78, 5) is 38.3. The summed E-state index contributed by atoms with van der Waals surface area (Å²) < 4.78 is 4.98. The topological polar surface area (TPSA) is 63.7 Å². The number of carbonyl (C=O) groups is 3. The van der Waals surface area contributed by atoms with Crippen molar-refractivity contribution >= 4 is 23.5 Å². The van der Waals surface area contributed by atoms with Gasteiger partial charge in [-0.1, -0.05) is 12.2 Å². The highest BCUT2D eigenvalue weighted by molar-refractivity contribution is 6.23. The number of cyclic esters (lactones) is 1. The number of hydrogen-bond acceptors (Lipinski definition) is 4. The normalized spacial score (nSPS) is 34.4. The summed E-state index contributed by atoms with van der Waals surface area (Å²) in [5.41, 5.74) is 1.81. The Bertz CT molecular complexity index is 751. The van der Waals surface area contributed by atoms with Crippen molar-refractivity contribution in [1.82, 2.24) is 0 Å². The van der Waals surface area contributed by atoms with Gasteiger partial charge in [-0.15, -0.1) is 0 Å². The van der Waals surface area contributed by atoms with E-state index in [4.69, 9.17) is 4.74 Å². The van der Waals surface area contributed by atoms with E-state index < -0.39 is 0 Å². The molecule has 2 bridgehead atoms. The third-order valence-electron chi connectivity index (χ3n) is 5.40. The minimum atomic E-state index is -0.347. The van der Waals surface area contributed by atoms with Crippen LogP contribution in [0, 0.1) is 23.7 Å². The number of benzene rings is 1. The first-order valence-electron chi connectivity index (χ1n) is 7.51. The van der Waals surface area contributed by atoms with E-state index in [1.165, 1.54) is 4.90 Å². The predicted octanol–water partition coefficient (Wildman–Crippen LogP) is 1.67. The number of allylic oxidation sites excluding steroid dienone is 2. The molecular weight excluding hydrogens is 282 g/mol. The van der Waals surface area contributed by atoms with Crippen LogP contribution in [-0.2, 0) is 20.9 Å². The molecule has 4 atom stereocenters. The molecule has 5 rings (SSSR count). The van der Waals surface area contributed by atoms with Crippen LogP contribution in [0.3, 0.4) is 0 Å². The van der Waals surface area contributed by atoms with Crippen LogP contribution in [0.1, 0.15) is 22.3 Å². The molecule has 110 valence electrons. The molecule has 1 saturated carbocycles. The zero-order valence-corrected chi connectivity index (χ0v) is 11.7. The van der Waals surface area contributed by atoms with Crippen molar-refractivity contribution in [2.75, 3.05) is 4.90 Å². The van der Waals surface area contributed by atoms with Crippen LogP contribution in [0.4, 0.5) is 5.69 Å². The van der Waals surface area contributed by atoms with Crippen molar-refractivity contribution in [2.24, 2.45) is 23.7 Å². The van der Waals surface area contributed by atoms with Gasteiger partial charge in [0.2, 0.25) is 11.8 Å². The van der Waals surface area contributed by atoms with Crippen LogP contribution in [0.25, 0.3) is 0 Å². The number of nitrogens with zero attached hydrogens (tertiary/aromatic N) is 1. The first-order chi connectivity index (χ1) is 10.6. The lowest BCUT2D eigenvalue weighted by Crippen LogP contribution is -2.32. The Hall–Kier alpha value is -2.43. The monoisotopic (exact) mass is 295 g/mol. The maximum atomic E-state index is 12.7. The third kappa shape index (κ3) is 1.31. The van der Waals surface area contributed by atoms with Gasteiger partial charge in [-0.05, 0) is 36.5 Å². The second kappa shape index (κ2) is 3.85. The highest BCUT2D eigenvalue weighted by atomic mass is 16.5. The van der Waals surface area contributed by atoms with Gasteiger partial charge in [-0.2, -0.15) is 0 Å². The number of fused-ring (bicyclic) bond motifs is 6. The van der Waals surface area contributed by atoms with E-state index in [0.717, 1.165) is 12.0 Å². The molecule has 1 aromatic carbocycles. The summed E-state index contributed by atoms with van der Waals surface area (Å²) in [6, 6.07) is 5.03. The quantitative estimate of drug-likeness (QED) is 0.449. The molecule has 2 fully saturated rings. The van der Waals surface area contributed by atoms with Crippen molar-refractivity contribution in [3.8, 4) is 0 Å². The van der Waals surface area contributed by atoms with Crippen molar-refractivity contribution in [3.63, 3.8) is 0 Å². The highest BCUT2D eigenvalue weighted by Gasteiger charge is 2.59. The molecule has 22 heavy (non-hydrogen) atoms. The summed E-state index contributed by atoms with van der Waals surface area (Å²) in [5, 5.41) is 0. The standard InChI is InChI=1S/C17H13NO4/c19-15-13-8-1-2-9(5-8)14(13)16(20)18(15)11-3-4-12-10(6-11)7-22-17(12)21/h1-4,6,8-9,13-14H,5,7H2/t8-,9+,13-,14+. The number of imide groups is 1. The fourth-order valence-corrected chi connectivity index (χ4v) is 4.42. The zero-order valence-electron chi connectivity index (χ0n) is 11.7. The van der Waals surface area contributed by atoms with Crippen molar-refractivity contribution in [3.05, 3.63) is 41.5 Å². The fraction of sp³-hybridized carbons (Fsp3) is 0.353. The number of esters is 1. The van der Waals surface area contributed by atoms with Crippen LogP contribution in [0.15, 0.2) is 30.4 Å². The summed E-state index contributed by atoms with van der Waals surface area (Å²) in [5.74, 6) is -0.539. The van der Waals surface area contributed by atoms with E-state index in [9.17, 15) is 14.4 Å². The van der Waals surface area contributed by atoms with Crippen LogP contribution < -0.4 is 4.90 Å². The molecule has 0 aromatic heterocycles. The number of ether oxygens (including phenoxy) is 1. The van der Waals surface area contributed by atoms with Gasteiger partial charge >= 0.3 is 5.97 Å². The van der Waals surface area contributed by atoms with Crippen LogP contribution in [0.5, 0.6) is 0 Å². The first-order valence-corrected chi connectivity index (χ1v) is 7.51. The van der Waals surface area contributed by atoms with E-state index in [2.05, 4.69) is 12.2 Å². The Kier molecular flexibility index (Phi) is 2.13. The van der Waals surface area contributed by atoms with Gasteiger partial charge < -0.3 is 4.74 Å². The van der Waals surface area contributed by atoms with Crippen molar-refractivity contribution in [1.29, 1.82) is 0 Å². The lowest BCUT2D eigenvalue weighted by atomic mass is 9.85. The first kappa shape index (κ1) is 12.1. The molecule has 0 radical (unpaired) electrons. The van der Waals surface area contributed by atoms with E-state index in [1.54, 1.807) is 18.2 Å². The maximum absolute atomic E-state index is 12.7. The SMILES string of the molecule is O=C1OCc2cc(N3C(=O)[C@@H]4[C@H](C3=O)[C@@H]3C=C[C@H]4C3)ccc21. The number of anilines is 1. The third-order valence-corrected chi connectivity index (χ3v) is 5.40.